The van der Waals surface area contributed by atoms with Gasteiger partial charge >= 0.3 is 0 Å². The number of ether oxygens (including phenoxy) is 1. The molecule has 1 amide bonds. The molecule has 2 atom stereocenters. The lowest BCUT2D eigenvalue weighted by Gasteiger charge is -2.20. The standard InChI is InChI=1S/C16H17ClFN3O2/c1-9-7-14(21(2)20-9)16(22)19-13-5-6-23-15(13)10-3-4-11(17)12(18)8-10/h3-4,7-8,13,15H,5-6H2,1-2H3,(H,19,22)/t13-,15-/m0/s1. The van der Waals surface area contributed by atoms with Gasteiger partial charge in [0, 0.05) is 13.7 Å². The molecule has 23 heavy (non-hydrogen) atoms. The summed E-state index contributed by atoms with van der Waals surface area (Å²) in [6, 6.07) is 6.07. The van der Waals surface area contributed by atoms with Crippen molar-refractivity contribution in [2.45, 2.75) is 25.5 Å². The maximum atomic E-state index is 13.7. The number of aromatic nitrogens is 2. The van der Waals surface area contributed by atoms with Gasteiger partial charge in [-0.3, -0.25) is 9.48 Å². The largest absolute Gasteiger partial charge is 0.371 e. The molecule has 1 N–H and O–H groups in total. The number of rotatable bonds is 3. The van der Waals surface area contributed by atoms with Gasteiger partial charge in [0.25, 0.3) is 5.91 Å². The first-order valence-electron chi connectivity index (χ1n) is 7.34. The van der Waals surface area contributed by atoms with Crippen molar-refractivity contribution < 1.29 is 13.9 Å². The molecule has 7 heteroatoms. The normalized spacial score (nSPS) is 20.7. The number of hydrogen-bond acceptors (Lipinski definition) is 3. The fourth-order valence-electron chi connectivity index (χ4n) is 2.82. The highest BCUT2D eigenvalue weighted by Gasteiger charge is 2.32. The molecule has 5 nitrogen and oxygen atoms in total. The molecule has 1 fully saturated rings. The number of nitrogens with zero attached hydrogens (tertiary/aromatic N) is 2. The SMILES string of the molecule is Cc1cc(C(=O)N[C@H]2CCO[C@H]2c2ccc(Cl)c(F)c2)n(C)n1. The van der Waals surface area contributed by atoms with Crippen LogP contribution in [0.15, 0.2) is 24.3 Å². The van der Waals surface area contributed by atoms with E-state index < -0.39 is 5.82 Å². The Kier molecular flexibility index (Phi) is 4.37. The molecule has 0 spiro atoms. The summed E-state index contributed by atoms with van der Waals surface area (Å²) in [7, 11) is 1.72. The van der Waals surface area contributed by atoms with Crippen molar-refractivity contribution in [2.75, 3.05) is 6.61 Å². The van der Waals surface area contributed by atoms with Crippen LogP contribution in [0.5, 0.6) is 0 Å². The maximum absolute atomic E-state index is 13.7. The summed E-state index contributed by atoms with van der Waals surface area (Å²) in [4.78, 5) is 12.4. The van der Waals surface area contributed by atoms with E-state index in [0.717, 1.165) is 5.69 Å². The van der Waals surface area contributed by atoms with Gasteiger partial charge in [0.05, 0.1) is 16.8 Å². The predicted octanol–water partition coefficient (Wildman–Crippen LogP) is 2.78. The molecule has 0 saturated carbocycles. The van der Waals surface area contributed by atoms with Gasteiger partial charge < -0.3 is 10.1 Å². The Balaban J connectivity index is 1.77. The van der Waals surface area contributed by atoms with Gasteiger partial charge in [0.15, 0.2) is 0 Å². The van der Waals surface area contributed by atoms with E-state index in [9.17, 15) is 9.18 Å². The van der Waals surface area contributed by atoms with E-state index in [-0.39, 0.29) is 23.1 Å². The van der Waals surface area contributed by atoms with Gasteiger partial charge in [-0.05, 0) is 37.1 Å². The maximum Gasteiger partial charge on any atom is 0.269 e. The second kappa shape index (κ2) is 6.29. The predicted molar refractivity (Wildman–Crippen MR) is 83.9 cm³/mol. The number of aryl methyl sites for hydroxylation is 2. The third-order valence-corrected chi connectivity index (χ3v) is 4.22. The molecule has 0 aliphatic carbocycles. The highest BCUT2D eigenvalue weighted by atomic mass is 35.5. The Morgan fingerprint density at radius 1 is 1.48 bits per heavy atom. The summed E-state index contributed by atoms with van der Waals surface area (Å²) in [5.41, 5.74) is 1.92. The van der Waals surface area contributed by atoms with E-state index in [1.54, 1.807) is 19.2 Å². The zero-order chi connectivity index (χ0) is 16.6. The Morgan fingerprint density at radius 3 is 2.91 bits per heavy atom. The highest BCUT2D eigenvalue weighted by Crippen LogP contribution is 2.31. The smallest absolute Gasteiger partial charge is 0.269 e. The molecule has 0 radical (unpaired) electrons. The molecular formula is C16H17ClFN3O2. The van der Waals surface area contributed by atoms with Gasteiger partial charge in [0.1, 0.15) is 17.6 Å². The van der Waals surface area contributed by atoms with Crippen molar-refractivity contribution >= 4 is 17.5 Å². The van der Waals surface area contributed by atoms with Crippen molar-refractivity contribution in [3.8, 4) is 0 Å². The zero-order valence-electron chi connectivity index (χ0n) is 12.8. The topological polar surface area (TPSA) is 56.1 Å². The van der Waals surface area contributed by atoms with Crippen LogP contribution >= 0.6 is 11.6 Å². The van der Waals surface area contributed by atoms with E-state index in [2.05, 4.69) is 10.4 Å². The number of benzene rings is 1. The van der Waals surface area contributed by atoms with Crippen LogP contribution in [-0.2, 0) is 11.8 Å². The van der Waals surface area contributed by atoms with Gasteiger partial charge in [0.2, 0.25) is 0 Å². The zero-order valence-corrected chi connectivity index (χ0v) is 13.6. The molecule has 1 saturated heterocycles. The van der Waals surface area contributed by atoms with E-state index >= 15 is 0 Å². The van der Waals surface area contributed by atoms with E-state index in [1.807, 2.05) is 6.92 Å². The first-order chi connectivity index (χ1) is 11.0. The minimum absolute atomic E-state index is 0.0673. The molecule has 1 aliphatic rings. The van der Waals surface area contributed by atoms with Gasteiger partial charge in [-0.15, -0.1) is 0 Å². The molecule has 1 aromatic heterocycles. The van der Waals surface area contributed by atoms with Crippen LogP contribution < -0.4 is 5.32 Å². The van der Waals surface area contributed by atoms with Crippen LogP contribution in [0.3, 0.4) is 0 Å². The van der Waals surface area contributed by atoms with Crippen LogP contribution in [0, 0.1) is 12.7 Å². The minimum Gasteiger partial charge on any atom is -0.371 e. The van der Waals surface area contributed by atoms with Crippen LogP contribution in [0.1, 0.15) is 34.3 Å². The fourth-order valence-corrected chi connectivity index (χ4v) is 2.94. The van der Waals surface area contributed by atoms with Crippen LogP contribution in [0.4, 0.5) is 4.39 Å². The number of halogens is 2. The molecule has 122 valence electrons. The van der Waals surface area contributed by atoms with Crippen LogP contribution in [0.2, 0.25) is 5.02 Å². The van der Waals surface area contributed by atoms with Gasteiger partial charge in [-0.25, -0.2) is 4.39 Å². The van der Waals surface area contributed by atoms with E-state index in [1.165, 1.54) is 16.8 Å². The van der Waals surface area contributed by atoms with Crippen molar-refractivity contribution in [3.63, 3.8) is 0 Å². The number of carbonyl (C=O) groups excluding carboxylic acids is 1. The van der Waals surface area contributed by atoms with E-state index in [4.69, 9.17) is 16.3 Å². The third-order valence-electron chi connectivity index (χ3n) is 3.92. The average Bonchev–Trinajstić information content (AvgIpc) is 3.08. The number of amides is 1. The third kappa shape index (κ3) is 3.23. The Bertz CT molecular complexity index is 747. The summed E-state index contributed by atoms with van der Waals surface area (Å²) in [6.07, 6.45) is 0.275. The second-order valence-electron chi connectivity index (χ2n) is 5.63. The molecule has 1 aliphatic heterocycles. The number of carbonyl (C=O) groups is 1. The number of hydrogen-bond donors (Lipinski definition) is 1. The molecular weight excluding hydrogens is 321 g/mol. The minimum atomic E-state index is -0.494. The molecule has 3 rings (SSSR count). The average molecular weight is 338 g/mol. The summed E-state index contributed by atoms with van der Waals surface area (Å²) in [6.45, 7) is 2.33. The van der Waals surface area contributed by atoms with Gasteiger partial charge in [-0.2, -0.15) is 5.10 Å². The first kappa shape index (κ1) is 16.0. The molecule has 2 heterocycles. The summed E-state index contributed by atoms with van der Waals surface area (Å²) in [5.74, 6) is -0.713. The Morgan fingerprint density at radius 2 is 2.26 bits per heavy atom. The molecule has 1 aromatic carbocycles. The number of nitrogens with one attached hydrogen (secondary N) is 1. The quantitative estimate of drug-likeness (QED) is 0.937. The monoisotopic (exact) mass is 337 g/mol. The molecule has 0 unspecified atom stereocenters. The second-order valence-corrected chi connectivity index (χ2v) is 6.04. The summed E-state index contributed by atoms with van der Waals surface area (Å²) < 4.78 is 20.9. The summed E-state index contributed by atoms with van der Waals surface area (Å²) in [5, 5.41) is 7.18. The lowest BCUT2D eigenvalue weighted by atomic mass is 10.0. The lowest BCUT2D eigenvalue weighted by molar-refractivity contribution is 0.0814. The van der Waals surface area contributed by atoms with Crippen molar-refractivity contribution in [3.05, 3.63) is 52.1 Å². The van der Waals surface area contributed by atoms with Crippen molar-refractivity contribution in [1.29, 1.82) is 0 Å². The van der Waals surface area contributed by atoms with Crippen molar-refractivity contribution in [2.24, 2.45) is 7.05 Å². The highest BCUT2D eigenvalue weighted by molar-refractivity contribution is 6.30. The van der Waals surface area contributed by atoms with Gasteiger partial charge in [-0.1, -0.05) is 17.7 Å². The van der Waals surface area contributed by atoms with E-state index in [0.29, 0.717) is 24.3 Å². The summed E-state index contributed by atoms with van der Waals surface area (Å²) >= 11 is 5.71. The van der Waals surface area contributed by atoms with Crippen molar-refractivity contribution in [1.82, 2.24) is 15.1 Å². The Labute approximate surface area is 138 Å². The molecule has 2 aromatic rings. The molecule has 0 bridgehead atoms. The fraction of sp³-hybridized carbons (Fsp3) is 0.375. The van der Waals surface area contributed by atoms with Crippen LogP contribution in [0.25, 0.3) is 0 Å². The Hall–Kier alpha value is -1.92. The first-order valence-corrected chi connectivity index (χ1v) is 7.71. The van der Waals surface area contributed by atoms with Crippen LogP contribution in [-0.4, -0.2) is 28.3 Å². The lowest BCUT2D eigenvalue weighted by Crippen LogP contribution is -2.37.